The van der Waals surface area contributed by atoms with Crippen LogP contribution in [0.4, 0.5) is 0 Å². The Hall–Kier alpha value is -0.300. The Morgan fingerprint density at radius 1 is 0.952 bits per heavy atom. The Bertz CT molecular complexity index is 306. The van der Waals surface area contributed by atoms with Gasteiger partial charge in [-0.2, -0.15) is 0 Å². The van der Waals surface area contributed by atoms with Gasteiger partial charge in [0, 0.05) is 0 Å². The van der Waals surface area contributed by atoms with Crippen LogP contribution in [0.3, 0.4) is 0 Å². The Morgan fingerprint density at radius 2 is 1.62 bits per heavy atom. The first-order chi connectivity index (χ1) is 10.3. The summed E-state index contributed by atoms with van der Waals surface area (Å²) in [6.45, 7) is 2.27. The maximum absolute atomic E-state index is 11.2. The topological polar surface area (TPSA) is 20.2 Å². The average molecular weight is 293 g/mol. The zero-order valence-corrected chi connectivity index (χ0v) is 14.2. The van der Waals surface area contributed by atoms with Crippen molar-refractivity contribution in [3.05, 3.63) is 11.6 Å². The first kappa shape index (κ1) is 17.1. The third-order valence-corrected chi connectivity index (χ3v) is 5.68. The van der Waals surface area contributed by atoms with Crippen LogP contribution < -0.4 is 0 Å². The molecule has 0 radical (unpaired) electrons. The van der Waals surface area contributed by atoms with E-state index in [4.69, 9.17) is 0 Å². The molecule has 0 aromatic rings. The lowest BCUT2D eigenvalue weighted by Crippen LogP contribution is -2.37. The van der Waals surface area contributed by atoms with E-state index in [1.54, 1.807) is 0 Å². The zero-order valence-electron chi connectivity index (χ0n) is 14.2. The fourth-order valence-corrected chi connectivity index (χ4v) is 4.40. The van der Waals surface area contributed by atoms with Crippen LogP contribution >= 0.6 is 0 Å². The van der Waals surface area contributed by atoms with Crippen molar-refractivity contribution in [2.45, 2.75) is 109 Å². The van der Waals surface area contributed by atoms with Gasteiger partial charge in [0.25, 0.3) is 0 Å². The lowest BCUT2D eigenvalue weighted by Gasteiger charge is -2.39. The van der Waals surface area contributed by atoms with Crippen LogP contribution in [0.5, 0.6) is 0 Å². The van der Waals surface area contributed by atoms with Gasteiger partial charge in [-0.05, 0) is 50.0 Å². The lowest BCUT2D eigenvalue weighted by molar-refractivity contribution is 0.0267. The maximum atomic E-state index is 11.2. The minimum Gasteiger partial charge on any atom is -0.386 e. The van der Waals surface area contributed by atoms with E-state index in [1.807, 2.05) is 0 Å². The molecule has 0 aromatic heterocycles. The smallest absolute Gasteiger partial charge is 0.0859 e. The fraction of sp³-hybridized carbons (Fsp3) is 0.900. The van der Waals surface area contributed by atoms with Crippen molar-refractivity contribution >= 4 is 0 Å². The molecule has 1 N–H and O–H groups in total. The highest BCUT2D eigenvalue weighted by atomic mass is 16.3. The van der Waals surface area contributed by atoms with Crippen LogP contribution in [0.1, 0.15) is 103 Å². The van der Waals surface area contributed by atoms with Gasteiger partial charge in [0.05, 0.1) is 5.60 Å². The number of unbranched alkanes of at least 4 members (excludes halogenated alkanes) is 4. The van der Waals surface area contributed by atoms with Crippen molar-refractivity contribution in [1.82, 2.24) is 0 Å². The molecule has 21 heavy (non-hydrogen) atoms. The Labute approximate surface area is 132 Å². The van der Waals surface area contributed by atoms with Crippen molar-refractivity contribution < 1.29 is 5.11 Å². The minimum absolute atomic E-state index is 0.439. The van der Waals surface area contributed by atoms with Gasteiger partial charge in [0.1, 0.15) is 0 Å². The van der Waals surface area contributed by atoms with Gasteiger partial charge in [-0.25, -0.2) is 0 Å². The molecule has 2 saturated carbocycles. The van der Waals surface area contributed by atoms with Gasteiger partial charge >= 0.3 is 0 Å². The zero-order chi connectivity index (χ0) is 15.0. The summed E-state index contributed by atoms with van der Waals surface area (Å²) in [5, 5.41) is 11.2. The third-order valence-electron chi connectivity index (χ3n) is 5.68. The van der Waals surface area contributed by atoms with Crippen LogP contribution in [-0.4, -0.2) is 10.7 Å². The van der Waals surface area contributed by atoms with Gasteiger partial charge < -0.3 is 5.11 Å². The van der Waals surface area contributed by atoms with Gasteiger partial charge in [-0.1, -0.05) is 70.8 Å². The van der Waals surface area contributed by atoms with Gasteiger partial charge in [-0.3, -0.25) is 0 Å². The summed E-state index contributed by atoms with van der Waals surface area (Å²) in [6.07, 6.45) is 21.6. The molecule has 0 bridgehead atoms. The van der Waals surface area contributed by atoms with Gasteiger partial charge in [0.15, 0.2) is 0 Å². The summed E-state index contributed by atoms with van der Waals surface area (Å²) < 4.78 is 0. The fourth-order valence-electron chi connectivity index (χ4n) is 4.40. The monoisotopic (exact) mass is 292 g/mol. The number of allylic oxidation sites excluding steroid dienone is 1. The van der Waals surface area contributed by atoms with E-state index in [9.17, 15) is 5.11 Å². The van der Waals surface area contributed by atoms with E-state index < -0.39 is 5.60 Å². The Kier molecular flexibility index (Phi) is 7.29. The summed E-state index contributed by atoms with van der Waals surface area (Å²) >= 11 is 0. The molecule has 2 aliphatic carbocycles. The minimum atomic E-state index is -0.439. The summed E-state index contributed by atoms with van der Waals surface area (Å²) in [4.78, 5) is 0. The molecule has 0 heterocycles. The molecular weight excluding hydrogens is 256 g/mol. The first-order valence-electron chi connectivity index (χ1n) is 9.69. The molecule has 0 aliphatic heterocycles. The van der Waals surface area contributed by atoms with E-state index in [-0.39, 0.29) is 0 Å². The predicted molar refractivity (Wildman–Crippen MR) is 91.5 cm³/mol. The Balaban J connectivity index is 2.00. The van der Waals surface area contributed by atoms with E-state index in [1.165, 1.54) is 89.0 Å². The molecule has 1 nitrogen and oxygen atoms in total. The van der Waals surface area contributed by atoms with Crippen LogP contribution in [0.15, 0.2) is 11.6 Å². The summed E-state index contributed by atoms with van der Waals surface area (Å²) in [5.74, 6) is 0.688. The summed E-state index contributed by atoms with van der Waals surface area (Å²) in [6, 6.07) is 0. The second kappa shape index (κ2) is 8.98. The second-order valence-corrected chi connectivity index (χ2v) is 7.44. The molecule has 0 atom stereocenters. The maximum Gasteiger partial charge on any atom is 0.0859 e. The van der Waals surface area contributed by atoms with Crippen LogP contribution in [0, 0.1) is 5.92 Å². The number of rotatable bonds is 7. The largest absolute Gasteiger partial charge is 0.386 e. The highest BCUT2D eigenvalue weighted by Gasteiger charge is 2.36. The van der Waals surface area contributed by atoms with E-state index >= 15 is 0 Å². The molecule has 122 valence electrons. The molecule has 2 rings (SSSR count). The molecule has 0 aromatic carbocycles. The molecule has 0 saturated heterocycles. The van der Waals surface area contributed by atoms with Crippen molar-refractivity contribution in [2.75, 3.05) is 0 Å². The first-order valence-corrected chi connectivity index (χ1v) is 9.69. The number of hydrogen-bond acceptors (Lipinski definition) is 1. The molecule has 0 unspecified atom stereocenters. The molecule has 2 fully saturated rings. The van der Waals surface area contributed by atoms with E-state index in [2.05, 4.69) is 13.0 Å². The molecular formula is C20H36O. The SMILES string of the molecule is CCCCCC/C=C(\C1CCCCC1)C1(O)CCCCC1. The highest BCUT2D eigenvalue weighted by molar-refractivity contribution is 5.21. The van der Waals surface area contributed by atoms with Gasteiger partial charge in [-0.15, -0.1) is 0 Å². The van der Waals surface area contributed by atoms with Crippen LogP contribution in [0.25, 0.3) is 0 Å². The summed E-state index contributed by atoms with van der Waals surface area (Å²) in [5.41, 5.74) is 1.02. The van der Waals surface area contributed by atoms with E-state index in [0.29, 0.717) is 5.92 Å². The number of hydrogen-bond donors (Lipinski definition) is 1. The lowest BCUT2D eigenvalue weighted by atomic mass is 9.70. The van der Waals surface area contributed by atoms with Crippen molar-refractivity contribution in [3.8, 4) is 0 Å². The average Bonchev–Trinajstić information content (AvgIpc) is 2.52. The van der Waals surface area contributed by atoms with Gasteiger partial charge in [0.2, 0.25) is 0 Å². The van der Waals surface area contributed by atoms with Crippen LogP contribution in [0.2, 0.25) is 0 Å². The molecule has 1 heteroatoms. The van der Waals surface area contributed by atoms with Crippen molar-refractivity contribution in [3.63, 3.8) is 0 Å². The summed E-state index contributed by atoms with van der Waals surface area (Å²) in [7, 11) is 0. The number of aliphatic hydroxyl groups is 1. The third kappa shape index (κ3) is 5.13. The quantitative estimate of drug-likeness (QED) is 0.440. The predicted octanol–water partition coefficient (Wildman–Crippen LogP) is 6.16. The van der Waals surface area contributed by atoms with Crippen molar-refractivity contribution in [2.24, 2.45) is 5.92 Å². The standard InChI is InChI=1S/C20H36O/c1-2-3-4-5-10-15-19(18-13-8-6-9-14-18)20(21)16-11-7-12-17-20/h15,18,21H,2-14,16-17H2,1H3/b19-15+. The molecule has 2 aliphatic rings. The highest BCUT2D eigenvalue weighted by Crippen LogP contribution is 2.42. The molecule has 0 amide bonds. The van der Waals surface area contributed by atoms with Crippen LogP contribution in [-0.2, 0) is 0 Å². The Morgan fingerprint density at radius 3 is 2.29 bits per heavy atom. The molecule has 0 spiro atoms. The van der Waals surface area contributed by atoms with E-state index in [0.717, 1.165) is 12.8 Å². The van der Waals surface area contributed by atoms with Crippen molar-refractivity contribution in [1.29, 1.82) is 0 Å². The second-order valence-electron chi connectivity index (χ2n) is 7.44. The normalized spacial score (nSPS) is 24.2.